The summed E-state index contributed by atoms with van der Waals surface area (Å²) >= 11 is 0. The van der Waals surface area contributed by atoms with Crippen LogP contribution in [0.1, 0.15) is 19.1 Å². The van der Waals surface area contributed by atoms with Crippen molar-refractivity contribution in [3.63, 3.8) is 0 Å². The van der Waals surface area contributed by atoms with E-state index in [0.29, 0.717) is 0 Å². The molecule has 0 bridgehead atoms. The Morgan fingerprint density at radius 1 is 0.630 bits per heavy atom. The summed E-state index contributed by atoms with van der Waals surface area (Å²) in [5.41, 5.74) is 1.91. The van der Waals surface area contributed by atoms with Gasteiger partial charge >= 0.3 is 0 Å². The summed E-state index contributed by atoms with van der Waals surface area (Å²) in [4.78, 5) is 0. The van der Waals surface area contributed by atoms with E-state index >= 15 is 0 Å². The maximum Gasteiger partial charge on any atom is 0.134 e. The molecule has 0 unspecified atom stereocenters. The van der Waals surface area contributed by atoms with Gasteiger partial charge in [-0.15, -0.1) is 0 Å². The van der Waals surface area contributed by atoms with E-state index in [-0.39, 0.29) is 0 Å². The molecule has 0 fully saturated rings. The molecule has 27 heavy (non-hydrogen) atoms. The van der Waals surface area contributed by atoms with Crippen molar-refractivity contribution in [2.45, 2.75) is 19.8 Å². The number of hydrogen-bond acceptors (Lipinski definition) is 2. The Bertz CT molecular complexity index is 1480. The van der Waals surface area contributed by atoms with Gasteiger partial charge in [-0.3, -0.25) is 0 Å². The largest absolute Gasteiger partial charge is 0.464 e. The molecular weight excluding hydrogens is 332 g/mol. The van der Waals surface area contributed by atoms with Crippen LogP contribution in [0.4, 0.5) is 0 Å². The van der Waals surface area contributed by atoms with E-state index < -0.39 is 0 Å². The van der Waals surface area contributed by atoms with Crippen LogP contribution in [0.15, 0.2) is 75.8 Å². The maximum absolute atomic E-state index is 6.03. The number of hydrogen-bond donors (Lipinski definition) is 0. The van der Waals surface area contributed by atoms with Crippen molar-refractivity contribution < 1.29 is 8.83 Å². The number of aryl methyl sites for hydroxylation is 1. The highest BCUT2D eigenvalue weighted by molar-refractivity contribution is 6.20. The zero-order valence-electron chi connectivity index (χ0n) is 15.1. The molecule has 0 atom stereocenters. The summed E-state index contributed by atoms with van der Waals surface area (Å²) in [5.74, 6) is 1.07. The van der Waals surface area contributed by atoms with Crippen molar-refractivity contribution in [2.24, 2.45) is 0 Å². The molecule has 0 N–H and O–H groups in total. The first-order valence-electron chi connectivity index (χ1n) is 9.49. The summed E-state index contributed by atoms with van der Waals surface area (Å²) in [7, 11) is 0. The quantitative estimate of drug-likeness (QED) is 0.301. The van der Waals surface area contributed by atoms with E-state index in [0.717, 1.165) is 35.2 Å². The van der Waals surface area contributed by atoms with Crippen LogP contribution in [0, 0.1) is 0 Å². The van der Waals surface area contributed by atoms with Crippen molar-refractivity contribution in [1.82, 2.24) is 0 Å². The minimum absolute atomic E-state index is 0.936. The van der Waals surface area contributed by atoms with Crippen LogP contribution < -0.4 is 0 Å². The Labute approximate surface area is 156 Å². The van der Waals surface area contributed by atoms with Crippen LogP contribution in [0.5, 0.6) is 0 Å². The van der Waals surface area contributed by atoms with E-state index in [1.54, 1.807) is 6.26 Å². The monoisotopic (exact) mass is 350 g/mol. The second kappa shape index (κ2) is 5.37. The lowest BCUT2D eigenvalue weighted by molar-refractivity contribution is 0.545. The zero-order chi connectivity index (χ0) is 18.0. The molecule has 0 radical (unpaired) electrons. The van der Waals surface area contributed by atoms with Crippen molar-refractivity contribution in [1.29, 1.82) is 0 Å². The fourth-order valence-electron chi connectivity index (χ4n) is 4.29. The molecular formula is C25H18O2. The summed E-state index contributed by atoms with van der Waals surface area (Å²) < 4.78 is 11.6. The summed E-state index contributed by atoms with van der Waals surface area (Å²) in [5, 5.41) is 9.85. The number of furan rings is 2. The van der Waals surface area contributed by atoms with Crippen LogP contribution in [0.3, 0.4) is 0 Å². The van der Waals surface area contributed by atoms with Gasteiger partial charge < -0.3 is 8.83 Å². The number of benzene rings is 4. The lowest BCUT2D eigenvalue weighted by Gasteiger charge is -2.08. The van der Waals surface area contributed by atoms with Crippen LogP contribution in [-0.4, -0.2) is 0 Å². The highest BCUT2D eigenvalue weighted by atomic mass is 16.3. The SMILES string of the molecule is CCCc1cc2cc3c(ccc4c5cc6ccoc6cc5ccc34)cc2o1. The molecule has 0 aliphatic heterocycles. The van der Waals surface area contributed by atoms with Crippen LogP contribution in [0.25, 0.3) is 54.3 Å². The molecule has 2 aromatic heterocycles. The summed E-state index contributed by atoms with van der Waals surface area (Å²) in [6.07, 6.45) is 3.83. The van der Waals surface area contributed by atoms with Crippen molar-refractivity contribution >= 4 is 54.3 Å². The van der Waals surface area contributed by atoms with Gasteiger partial charge in [0, 0.05) is 17.2 Å². The van der Waals surface area contributed by atoms with Gasteiger partial charge in [-0.05, 0) is 75.1 Å². The van der Waals surface area contributed by atoms with E-state index in [1.807, 2.05) is 6.07 Å². The summed E-state index contributed by atoms with van der Waals surface area (Å²) in [6, 6.07) is 21.9. The van der Waals surface area contributed by atoms with E-state index in [4.69, 9.17) is 8.83 Å². The van der Waals surface area contributed by atoms with E-state index in [9.17, 15) is 0 Å². The Morgan fingerprint density at radius 2 is 1.33 bits per heavy atom. The molecule has 0 amide bonds. The molecule has 6 rings (SSSR count). The highest BCUT2D eigenvalue weighted by Gasteiger charge is 2.10. The van der Waals surface area contributed by atoms with Gasteiger partial charge in [-0.25, -0.2) is 0 Å². The standard InChI is InChI=1S/C25H18O2/c1-2-3-19-10-18-12-23-16(14-25(18)27-19)5-7-20-21(23)6-4-15-13-24-17(8-9-26-24)11-22(15)20/h4-14H,2-3H2,1H3. The molecule has 0 saturated carbocycles. The molecule has 4 aromatic carbocycles. The molecule has 0 spiro atoms. The summed E-state index contributed by atoms with van der Waals surface area (Å²) in [6.45, 7) is 2.18. The molecule has 2 heteroatoms. The van der Waals surface area contributed by atoms with Crippen LogP contribution in [0.2, 0.25) is 0 Å². The normalized spacial score (nSPS) is 12.2. The van der Waals surface area contributed by atoms with Gasteiger partial charge in [0.1, 0.15) is 16.9 Å². The minimum Gasteiger partial charge on any atom is -0.464 e. The third kappa shape index (κ3) is 2.13. The van der Waals surface area contributed by atoms with Crippen LogP contribution in [-0.2, 0) is 6.42 Å². The Balaban J connectivity index is 1.71. The topological polar surface area (TPSA) is 26.3 Å². The molecule has 0 aliphatic carbocycles. The fourth-order valence-corrected chi connectivity index (χ4v) is 4.29. The Hall–Kier alpha value is -3.26. The molecule has 2 heterocycles. The lowest BCUT2D eigenvalue weighted by Crippen LogP contribution is -1.81. The number of rotatable bonds is 2. The van der Waals surface area contributed by atoms with Gasteiger partial charge in [0.15, 0.2) is 0 Å². The second-order valence-electron chi connectivity index (χ2n) is 7.33. The molecule has 0 saturated heterocycles. The average Bonchev–Trinajstić information content (AvgIpc) is 3.29. The van der Waals surface area contributed by atoms with Gasteiger partial charge in [0.05, 0.1) is 6.26 Å². The third-order valence-electron chi connectivity index (χ3n) is 5.59. The first kappa shape index (κ1) is 14.9. The fraction of sp³-hybridized carbons (Fsp3) is 0.120. The predicted molar refractivity (Wildman–Crippen MR) is 112 cm³/mol. The first-order chi connectivity index (χ1) is 13.3. The van der Waals surface area contributed by atoms with Crippen molar-refractivity contribution in [2.75, 3.05) is 0 Å². The lowest BCUT2D eigenvalue weighted by atomic mass is 9.96. The van der Waals surface area contributed by atoms with Gasteiger partial charge in [0.2, 0.25) is 0 Å². The zero-order valence-corrected chi connectivity index (χ0v) is 15.1. The smallest absolute Gasteiger partial charge is 0.134 e. The van der Waals surface area contributed by atoms with Crippen LogP contribution >= 0.6 is 0 Å². The predicted octanol–water partition coefficient (Wildman–Crippen LogP) is 7.59. The Kier molecular flexibility index (Phi) is 2.96. The molecule has 0 aliphatic rings. The van der Waals surface area contributed by atoms with Crippen molar-refractivity contribution in [3.8, 4) is 0 Å². The van der Waals surface area contributed by atoms with Gasteiger partial charge in [-0.2, -0.15) is 0 Å². The van der Waals surface area contributed by atoms with Crippen molar-refractivity contribution in [3.05, 3.63) is 72.7 Å². The highest BCUT2D eigenvalue weighted by Crippen LogP contribution is 2.36. The van der Waals surface area contributed by atoms with E-state index in [1.165, 1.54) is 37.7 Å². The van der Waals surface area contributed by atoms with Gasteiger partial charge in [-0.1, -0.05) is 31.2 Å². The first-order valence-corrected chi connectivity index (χ1v) is 9.49. The molecule has 6 aromatic rings. The number of fused-ring (bicyclic) bond motifs is 7. The average molecular weight is 350 g/mol. The minimum atomic E-state index is 0.936. The van der Waals surface area contributed by atoms with E-state index in [2.05, 4.69) is 61.5 Å². The Morgan fingerprint density at radius 3 is 2.07 bits per heavy atom. The second-order valence-corrected chi connectivity index (χ2v) is 7.33. The maximum atomic E-state index is 6.03. The third-order valence-corrected chi connectivity index (χ3v) is 5.59. The molecule has 2 nitrogen and oxygen atoms in total. The van der Waals surface area contributed by atoms with Gasteiger partial charge in [0.25, 0.3) is 0 Å². The molecule has 130 valence electrons.